The van der Waals surface area contributed by atoms with Crippen LogP contribution in [0.5, 0.6) is 5.75 Å². The lowest BCUT2D eigenvalue weighted by molar-refractivity contribution is -0.0744. The smallest absolute Gasteiger partial charge is 0.261 e. The van der Waals surface area contributed by atoms with Crippen molar-refractivity contribution < 1.29 is 19.4 Å². The monoisotopic (exact) mass is 514 g/mol. The molecule has 4 aromatic rings. The van der Waals surface area contributed by atoms with E-state index >= 15 is 0 Å². The fraction of sp³-hybridized carbons (Fsp3) is 0.357. The lowest BCUT2D eigenvalue weighted by atomic mass is 9.94. The number of ether oxygens (including phenoxy) is 2. The van der Waals surface area contributed by atoms with E-state index in [0.717, 1.165) is 18.4 Å². The van der Waals surface area contributed by atoms with Gasteiger partial charge in [-0.1, -0.05) is 18.8 Å². The van der Waals surface area contributed by atoms with Crippen molar-refractivity contribution >= 4 is 17.2 Å². The number of benzene rings is 1. The molecule has 3 aromatic heterocycles. The Morgan fingerprint density at radius 3 is 2.95 bits per heavy atom. The molecule has 1 fully saturated rings. The van der Waals surface area contributed by atoms with E-state index in [4.69, 9.17) is 14.6 Å². The molecule has 1 aliphatic heterocycles. The van der Waals surface area contributed by atoms with Crippen LogP contribution in [-0.2, 0) is 11.3 Å². The van der Waals surface area contributed by atoms with E-state index < -0.39 is 5.60 Å². The van der Waals surface area contributed by atoms with E-state index in [1.807, 2.05) is 18.2 Å². The Kier molecular flexibility index (Phi) is 7.40. The topological polar surface area (TPSA) is 116 Å². The van der Waals surface area contributed by atoms with Crippen LogP contribution in [0.4, 0.5) is 5.69 Å². The molecule has 0 atom stereocenters. The molecule has 0 aliphatic carbocycles. The average molecular weight is 515 g/mol. The summed E-state index contributed by atoms with van der Waals surface area (Å²) in [5.41, 5.74) is 2.30. The normalized spacial score (nSPS) is 14.6. The number of aromatic nitrogens is 5. The van der Waals surface area contributed by atoms with Crippen molar-refractivity contribution in [3.05, 3.63) is 60.2 Å². The van der Waals surface area contributed by atoms with Crippen molar-refractivity contribution in [2.24, 2.45) is 0 Å². The van der Waals surface area contributed by atoms with Crippen molar-refractivity contribution in [3.63, 3.8) is 0 Å². The first-order valence-electron chi connectivity index (χ1n) is 12.6. The third-order valence-electron chi connectivity index (χ3n) is 6.48. The number of methoxy groups -OCH3 is 1. The average Bonchev–Trinajstić information content (AvgIpc) is 3.53. The Bertz CT molecular complexity index is 1510. The largest absolute Gasteiger partial charge is 0.496 e. The molecule has 1 amide bonds. The summed E-state index contributed by atoms with van der Waals surface area (Å²) in [6.07, 6.45) is 9.34. The quantitative estimate of drug-likeness (QED) is 0.363. The van der Waals surface area contributed by atoms with Crippen LogP contribution in [-0.4, -0.2) is 61.3 Å². The van der Waals surface area contributed by atoms with Crippen molar-refractivity contribution in [2.45, 2.75) is 44.8 Å². The summed E-state index contributed by atoms with van der Waals surface area (Å²) in [7, 11) is 1.59. The summed E-state index contributed by atoms with van der Waals surface area (Å²) < 4.78 is 14.3. The van der Waals surface area contributed by atoms with Crippen LogP contribution >= 0.6 is 0 Å². The SMILES string of the molecule is CCCC#Cc1ccc(OC)c(-c2nn(CC3(O)CCOCC3)cc2NC(=O)c2cnn3cccnc23)c1. The third kappa shape index (κ3) is 5.39. The molecule has 2 N–H and O–H groups in total. The maximum absolute atomic E-state index is 13.4. The molecular weight excluding hydrogens is 484 g/mol. The number of aliphatic hydroxyl groups is 1. The molecule has 1 aromatic carbocycles. The Morgan fingerprint density at radius 2 is 2.16 bits per heavy atom. The van der Waals surface area contributed by atoms with Gasteiger partial charge in [0, 0.05) is 62.2 Å². The van der Waals surface area contributed by atoms with Crippen LogP contribution in [0.2, 0.25) is 0 Å². The van der Waals surface area contributed by atoms with Gasteiger partial charge in [-0.05, 0) is 30.7 Å². The van der Waals surface area contributed by atoms with Gasteiger partial charge in [-0.2, -0.15) is 10.2 Å². The number of amides is 1. The van der Waals surface area contributed by atoms with Crippen LogP contribution < -0.4 is 10.1 Å². The third-order valence-corrected chi connectivity index (χ3v) is 6.48. The van der Waals surface area contributed by atoms with E-state index in [0.29, 0.717) is 60.0 Å². The predicted molar refractivity (Wildman–Crippen MR) is 142 cm³/mol. The number of carbonyl (C=O) groups is 1. The number of hydrogen-bond donors (Lipinski definition) is 2. The van der Waals surface area contributed by atoms with Crippen LogP contribution in [0.15, 0.2) is 49.1 Å². The zero-order valence-electron chi connectivity index (χ0n) is 21.5. The van der Waals surface area contributed by atoms with E-state index in [9.17, 15) is 9.90 Å². The van der Waals surface area contributed by atoms with Gasteiger partial charge < -0.3 is 19.9 Å². The summed E-state index contributed by atoms with van der Waals surface area (Å²) in [6, 6.07) is 7.39. The van der Waals surface area contributed by atoms with Crippen molar-refractivity contribution in [2.75, 3.05) is 25.6 Å². The molecule has 0 saturated carbocycles. The first-order valence-corrected chi connectivity index (χ1v) is 12.6. The number of fused-ring (bicyclic) bond motifs is 1. The molecular formula is C28H30N6O4. The number of anilines is 1. The summed E-state index contributed by atoms with van der Waals surface area (Å²) in [5.74, 6) is 6.57. The van der Waals surface area contributed by atoms with Gasteiger partial charge in [0.2, 0.25) is 0 Å². The van der Waals surface area contributed by atoms with Gasteiger partial charge in [0.15, 0.2) is 5.65 Å². The first-order chi connectivity index (χ1) is 18.5. The highest BCUT2D eigenvalue weighted by Gasteiger charge is 2.31. The van der Waals surface area contributed by atoms with Crippen molar-refractivity contribution in [1.29, 1.82) is 0 Å². The van der Waals surface area contributed by atoms with Gasteiger partial charge in [-0.3, -0.25) is 9.48 Å². The van der Waals surface area contributed by atoms with E-state index in [1.54, 1.807) is 41.0 Å². The molecule has 4 heterocycles. The lowest BCUT2D eigenvalue weighted by Gasteiger charge is -2.31. The molecule has 1 saturated heterocycles. The van der Waals surface area contributed by atoms with Crippen LogP contribution in [0, 0.1) is 11.8 Å². The highest BCUT2D eigenvalue weighted by Crippen LogP contribution is 2.36. The maximum Gasteiger partial charge on any atom is 0.261 e. The molecule has 0 radical (unpaired) electrons. The fourth-order valence-electron chi connectivity index (χ4n) is 4.44. The molecule has 38 heavy (non-hydrogen) atoms. The number of rotatable bonds is 7. The van der Waals surface area contributed by atoms with Gasteiger partial charge in [0.1, 0.15) is 17.0 Å². The van der Waals surface area contributed by atoms with Crippen LogP contribution in [0.3, 0.4) is 0 Å². The fourth-order valence-corrected chi connectivity index (χ4v) is 4.44. The zero-order valence-corrected chi connectivity index (χ0v) is 21.5. The summed E-state index contributed by atoms with van der Waals surface area (Å²) in [5, 5.41) is 23.1. The number of nitrogens with zero attached hydrogens (tertiary/aromatic N) is 5. The molecule has 0 spiro atoms. The van der Waals surface area contributed by atoms with Crippen molar-refractivity contribution in [1.82, 2.24) is 24.4 Å². The molecule has 1 aliphatic rings. The Balaban J connectivity index is 1.55. The second-order valence-corrected chi connectivity index (χ2v) is 9.29. The lowest BCUT2D eigenvalue weighted by Crippen LogP contribution is -2.40. The van der Waals surface area contributed by atoms with Gasteiger partial charge in [-0.25, -0.2) is 9.50 Å². The molecule has 10 heteroatoms. The summed E-state index contributed by atoms with van der Waals surface area (Å²) in [6.45, 7) is 3.32. The first kappa shape index (κ1) is 25.4. The molecule has 5 rings (SSSR count). The summed E-state index contributed by atoms with van der Waals surface area (Å²) >= 11 is 0. The maximum atomic E-state index is 13.4. The van der Waals surface area contributed by atoms with Crippen LogP contribution in [0.25, 0.3) is 16.9 Å². The highest BCUT2D eigenvalue weighted by molar-refractivity contribution is 6.09. The number of hydrogen-bond acceptors (Lipinski definition) is 7. The van der Waals surface area contributed by atoms with E-state index in [2.05, 4.69) is 34.2 Å². The molecule has 10 nitrogen and oxygen atoms in total. The van der Waals surface area contributed by atoms with Crippen LogP contribution in [0.1, 0.15) is 48.5 Å². The molecule has 0 bridgehead atoms. The minimum atomic E-state index is -0.952. The minimum absolute atomic E-state index is 0.260. The van der Waals surface area contributed by atoms with Gasteiger partial charge >= 0.3 is 0 Å². The Labute approximate surface area is 220 Å². The van der Waals surface area contributed by atoms with E-state index in [-0.39, 0.29) is 12.5 Å². The van der Waals surface area contributed by atoms with Gasteiger partial charge in [-0.15, -0.1) is 0 Å². The van der Waals surface area contributed by atoms with Gasteiger partial charge in [0.05, 0.1) is 31.1 Å². The Morgan fingerprint density at radius 1 is 1.32 bits per heavy atom. The second kappa shape index (κ2) is 11.0. The number of unbranched alkanes of at least 4 members (excludes halogenated alkanes) is 1. The predicted octanol–water partition coefficient (Wildman–Crippen LogP) is 3.55. The second-order valence-electron chi connectivity index (χ2n) is 9.29. The number of nitrogens with one attached hydrogen (secondary N) is 1. The number of carbonyl (C=O) groups excluding carboxylic acids is 1. The van der Waals surface area contributed by atoms with Gasteiger partial charge in [0.25, 0.3) is 5.91 Å². The molecule has 0 unspecified atom stereocenters. The van der Waals surface area contributed by atoms with Crippen molar-refractivity contribution in [3.8, 4) is 28.8 Å². The molecule has 196 valence electrons. The Hall–Kier alpha value is -4.20. The highest BCUT2D eigenvalue weighted by atomic mass is 16.5. The minimum Gasteiger partial charge on any atom is -0.496 e. The van der Waals surface area contributed by atoms with E-state index in [1.165, 1.54) is 6.20 Å². The standard InChI is InChI=1S/C28H30N6O4/c1-3-4-5-7-20-8-9-24(37-2)21(16-20)25-23(18-33(32-25)19-28(36)10-14-38-15-11-28)31-27(35)22-17-30-34-13-6-12-29-26(22)34/h6,8-9,12-13,16-18,36H,3-4,10-11,14-15,19H2,1-2H3,(H,31,35). The zero-order chi connectivity index (χ0) is 26.5. The summed E-state index contributed by atoms with van der Waals surface area (Å²) in [4.78, 5) is 17.7.